The van der Waals surface area contributed by atoms with E-state index in [1.165, 1.54) is 11.3 Å². The molecule has 4 aromatic rings. The Bertz CT molecular complexity index is 1270. The van der Waals surface area contributed by atoms with Gasteiger partial charge in [0.2, 0.25) is 0 Å². The summed E-state index contributed by atoms with van der Waals surface area (Å²) in [5, 5.41) is 0.586. The molecule has 162 valence electrons. The van der Waals surface area contributed by atoms with Crippen molar-refractivity contribution in [2.45, 2.75) is 19.5 Å². The Morgan fingerprint density at radius 3 is 2.78 bits per heavy atom. The predicted octanol–water partition coefficient (Wildman–Crippen LogP) is 3.65. The first kappa shape index (κ1) is 20.3. The summed E-state index contributed by atoms with van der Waals surface area (Å²) in [5.41, 5.74) is 2.30. The Balaban J connectivity index is 1.26. The molecule has 0 spiro atoms. The second-order valence-corrected chi connectivity index (χ2v) is 8.49. The molecule has 0 aliphatic carbocycles. The van der Waals surface area contributed by atoms with Crippen molar-refractivity contribution in [2.75, 3.05) is 13.7 Å². The second kappa shape index (κ2) is 8.89. The predicted molar refractivity (Wildman–Crippen MR) is 121 cm³/mol. The fourth-order valence-corrected chi connectivity index (χ4v) is 4.45. The second-order valence-electron chi connectivity index (χ2n) is 7.41. The lowest BCUT2D eigenvalue weighted by Crippen LogP contribution is -2.35. The first-order chi connectivity index (χ1) is 15.7. The highest BCUT2D eigenvalue weighted by molar-refractivity contribution is 7.13. The molecule has 0 fully saturated rings. The number of thiazole rings is 1. The van der Waals surface area contributed by atoms with Crippen molar-refractivity contribution in [3.63, 3.8) is 0 Å². The van der Waals surface area contributed by atoms with Crippen molar-refractivity contribution in [3.05, 3.63) is 81.5 Å². The van der Waals surface area contributed by atoms with Crippen LogP contribution in [0.25, 0.3) is 11.4 Å². The molecule has 1 aliphatic heterocycles. The van der Waals surface area contributed by atoms with Crippen LogP contribution in [0.5, 0.6) is 16.7 Å². The third-order valence-corrected chi connectivity index (χ3v) is 6.12. The van der Waals surface area contributed by atoms with E-state index in [0.29, 0.717) is 29.9 Å². The number of nitrogens with one attached hydrogen (secondary N) is 1. The summed E-state index contributed by atoms with van der Waals surface area (Å²) < 4.78 is 11.0. The molecule has 0 amide bonds. The minimum absolute atomic E-state index is 0.0913. The van der Waals surface area contributed by atoms with Crippen molar-refractivity contribution < 1.29 is 9.47 Å². The van der Waals surface area contributed by atoms with Gasteiger partial charge in [-0.1, -0.05) is 11.3 Å². The minimum atomic E-state index is -0.0913. The van der Waals surface area contributed by atoms with Crippen LogP contribution in [0.1, 0.15) is 16.1 Å². The Kier molecular flexibility index (Phi) is 5.66. The third kappa shape index (κ3) is 4.39. The highest BCUT2D eigenvalue weighted by Crippen LogP contribution is 2.29. The molecule has 9 heteroatoms. The quantitative estimate of drug-likeness (QED) is 0.482. The number of pyridine rings is 1. The smallest absolute Gasteiger partial charge is 0.278 e. The molecule has 4 heterocycles. The summed E-state index contributed by atoms with van der Waals surface area (Å²) in [6.45, 7) is 2.08. The van der Waals surface area contributed by atoms with Crippen molar-refractivity contribution in [1.29, 1.82) is 0 Å². The lowest BCUT2D eigenvalue weighted by atomic mass is 10.1. The maximum Gasteiger partial charge on any atom is 0.278 e. The van der Waals surface area contributed by atoms with Crippen LogP contribution in [-0.2, 0) is 19.5 Å². The van der Waals surface area contributed by atoms with Gasteiger partial charge in [-0.05, 0) is 36.4 Å². The average molecular weight is 448 g/mol. The molecule has 1 aliphatic rings. The van der Waals surface area contributed by atoms with E-state index < -0.39 is 0 Å². The van der Waals surface area contributed by atoms with Gasteiger partial charge in [0.1, 0.15) is 17.3 Å². The van der Waals surface area contributed by atoms with Crippen LogP contribution in [0, 0.1) is 0 Å². The van der Waals surface area contributed by atoms with E-state index in [0.717, 1.165) is 40.4 Å². The fraction of sp³-hybridized carbons (Fsp3) is 0.217. The van der Waals surface area contributed by atoms with E-state index in [-0.39, 0.29) is 5.56 Å². The Labute approximate surface area is 188 Å². The monoisotopic (exact) mass is 447 g/mol. The van der Waals surface area contributed by atoms with Gasteiger partial charge in [0, 0.05) is 55.1 Å². The number of aromatic amines is 1. The largest absolute Gasteiger partial charge is 0.497 e. The van der Waals surface area contributed by atoms with Gasteiger partial charge in [-0.2, -0.15) is 0 Å². The van der Waals surface area contributed by atoms with Crippen LogP contribution in [0.3, 0.4) is 0 Å². The molecule has 1 aromatic carbocycles. The number of ether oxygens (including phenoxy) is 2. The molecule has 0 saturated carbocycles. The van der Waals surface area contributed by atoms with Crippen molar-refractivity contribution in [1.82, 2.24) is 24.8 Å². The van der Waals surface area contributed by atoms with E-state index in [1.807, 2.05) is 42.6 Å². The van der Waals surface area contributed by atoms with Crippen LogP contribution >= 0.6 is 11.3 Å². The van der Waals surface area contributed by atoms with Crippen molar-refractivity contribution >= 4 is 11.3 Å². The molecule has 0 unspecified atom stereocenters. The van der Waals surface area contributed by atoms with Crippen LogP contribution in [0.2, 0.25) is 0 Å². The minimum Gasteiger partial charge on any atom is -0.497 e. The number of nitrogens with zero attached hydrogens (tertiary/aromatic N) is 4. The third-order valence-electron chi connectivity index (χ3n) is 5.26. The van der Waals surface area contributed by atoms with Gasteiger partial charge in [-0.25, -0.2) is 9.97 Å². The van der Waals surface area contributed by atoms with Gasteiger partial charge in [0.25, 0.3) is 10.8 Å². The van der Waals surface area contributed by atoms with Crippen LogP contribution in [0.4, 0.5) is 0 Å². The zero-order valence-electron chi connectivity index (χ0n) is 17.4. The lowest BCUT2D eigenvalue weighted by Gasteiger charge is -2.27. The summed E-state index contributed by atoms with van der Waals surface area (Å²) >= 11 is 1.50. The van der Waals surface area contributed by atoms with E-state index in [1.54, 1.807) is 19.5 Å². The Hall–Kier alpha value is -3.56. The molecule has 5 rings (SSSR count). The molecular weight excluding hydrogens is 426 g/mol. The van der Waals surface area contributed by atoms with E-state index in [2.05, 4.69) is 24.8 Å². The average Bonchev–Trinajstić information content (AvgIpc) is 3.27. The van der Waals surface area contributed by atoms with Gasteiger partial charge in [0.05, 0.1) is 18.4 Å². The van der Waals surface area contributed by atoms with Gasteiger partial charge in [0.15, 0.2) is 0 Å². The van der Waals surface area contributed by atoms with Crippen LogP contribution < -0.4 is 15.0 Å². The summed E-state index contributed by atoms with van der Waals surface area (Å²) in [6.07, 6.45) is 5.95. The number of hydrogen-bond donors (Lipinski definition) is 1. The molecule has 1 N–H and O–H groups in total. The van der Waals surface area contributed by atoms with E-state index in [4.69, 9.17) is 9.47 Å². The van der Waals surface area contributed by atoms with Crippen molar-refractivity contribution in [2.24, 2.45) is 0 Å². The van der Waals surface area contributed by atoms with E-state index >= 15 is 0 Å². The van der Waals surface area contributed by atoms with Crippen LogP contribution in [0.15, 0.2) is 59.8 Å². The Morgan fingerprint density at radius 2 is 2.00 bits per heavy atom. The molecule has 8 nitrogen and oxygen atoms in total. The standard InChI is InChI=1S/C23H21N5O3S/c1-30-16-4-6-17(7-5-16)31-23-25-12-18(32-23)13-28-10-8-20-19(14-28)22(29)27-21(26-20)15-3-2-9-24-11-15/h2-7,9,11-12H,8,10,13-14H2,1H3,(H,26,27,29). The maximum atomic E-state index is 12.7. The molecule has 0 bridgehead atoms. The molecule has 3 aromatic heterocycles. The summed E-state index contributed by atoms with van der Waals surface area (Å²) in [4.78, 5) is 32.1. The molecule has 0 atom stereocenters. The Morgan fingerprint density at radius 1 is 1.16 bits per heavy atom. The number of fused-ring (bicyclic) bond motifs is 1. The van der Waals surface area contributed by atoms with Crippen molar-refractivity contribution in [3.8, 4) is 28.1 Å². The first-order valence-electron chi connectivity index (χ1n) is 10.2. The summed E-state index contributed by atoms with van der Waals surface area (Å²) in [6, 6.07) is 11.1. The maximum absolute atomic E-state index is 12.7. The number of benzene rings is 1. The number of aromatic nitrogens is 4. The number of hydrogen-bond acceptors (Lipinski definition) is 8. The van der Waals surface area contributed by atoms with Gasteiger partial charge >= 0.3 is 0 Å². The number of rotatable bonds is 6. The number of methoxy groups -OCH3 is 1. The molecule has 32 heavy (non-hydrogen) atoms. The molecular formula is C23H21N5O3S. The summed E-state index contributed by atoms with van der Waals surface area (Å²) in [5.74, 6) is 2.05. The molecule has 0 radical (unpaired) electrons. The SMILES string of the molecule is COc1ccc(Oc2ncc(CN3CCc4nc(-c5cccnc5)[nH]c(=O)c4C3)s2)cc1. The van der Waals surface area contributed by atoms with Crippen LogP contribution in [-0.4, -0.2) is 38.5 Å². The topological polar surface area (TPSA) is 93.2 Å². The highest BCUT2D eigenvalue weighted by Gasteiger charge is 2.22. The summed E-state index contributed by atoms with van der Waals surface area (Å²) in [7, 11) is 1.63. The van der Waals surface area contributed by atoms with E-state index in [9.17, 15) is 4.79 Å². The van der Waals surface area contributed by atoms with Gasteiger partial charge in [-0.15, -0.1) is 0 Å². The van der Waals surface area contributed by atoms with Gasteiger partial charge in [-0.3, -0.25) is 14.7 Å². The first-order valence-corrected chi connectivity index (χ1v) is 11.0. The zero-order valence-corrected chi connectivity index (χ0v) is 18.3. The zero-order chi connectivity index (χ0) is 21.9. The lowest BCUT2D eigenvalue weighted by molar-refractivity contribution is 0.244. The normalized spacial score (nSPS) is 13.5. The molecule has 0 saturated heterocycles. The van der Waals surface area contributed by atoms with Gasteiger partial charge < -0.3 is 14.5 Å². The highest BCUT2D eigenvalue weighted by atomic mass is 32.1. The number of H-pyrrole nitrogens is 1. The fourth-order valence-electron chi connectivity index (χ4n) is 3.63.